The van der Waals surface area contributed by atoms with Crippen molar-refractivity contribution in [1.82, 2.24) is 14.5 Å². The molecule has 0 bridgehead atoms. The summed E-state index contributed by atoms with van der Waals surface area (Å²) in [5.74, 6) is 0.686. The largest absolute Gasteiger partial charge is 0.278 e. The van der Waals surface area contributed by atoms with E-state index in [4.69, 9.17) is 9.97 Å². The van der Waals surface area contributed by atoms with Crippen LogP contribution in [0.15, 0.2) is 186 Å². The minimum Gasteiger partial charge on any atom is -0.278 e. The highest BCUT2D eigenvalue weighted by Crippen LogP contribution is 2.63. The van der Waals surface area contributed by atoms with Gasteiger partial charge in [-0.2, -0.15) is 0 Å². The van der Waals surface area contributed by atoms with Crippen LogP contribution in [0.2, 0.25) is 0 Å². The zero-order valence-corrected chi connectivity index (χ0v) is 35.0. The summed E-state index contributed by atoms with van der Waals surface area (Å²) in [5, 5.41) is 3.55. The Bertz CT molecular complexity index is 3690. The Balaban J connectivity index is 1.08. The van der Waals surface area contributed by atoms with Gasteiger partial charge < -0.3 is 0 Å². The van der Waals surface area contributed by atoms with Crippen LogP contribution >= 0.6 is 23.1 Å². The first-order valence-electron chi connectivity index (χ1n) is 21.0. The van der Waals surface area contributed by atoms with Crippen LogP contribution in [-0.4, -0.2) is 14.5 Å². The maximum Gasteiger partial charge on any atom is 0.235 e. The summed E-state index contributed by atoms with van der Waals surface area (Å²) in [6.07, 6.45) is 0. The predicted molar refractivity (Wildman–Crippen MR) is 254 cm³/mol. The van der Waals surface area contributed by atoms with Gasteiger partial charge in [0.15, 0.2) is 0 Å². The molecule has 0 saturated carbocycles. The Morgan fingerprint density at radius 3 is 1.87 bits per heavy atom. The van der Waals surface area contributed by atoms with E-state index in [9.17, 15) is 0 Å². The van der Waals surface area contributed by atoms with E-state index in [1.165, 1.54) is 80.9 Å². The molecule has 2 aliphatic carbocycles. The van der Waals surface area contributed by atoms with Gasteiger partial charge >= 0.3 is 0 Å². The molecule has 0 saturated heterocycles. The van der Waals surface area contributed by atoms with Gasteiger partial charge in [-0.3, -0.25) is 4.57 Å². The predicted octanol–water partition coefficient (Wildman–Crippen LogP) is 14.7. The number of hydrogen-bond acceptors (Lipinski definition) is 4. The van der Waals surface area contributed by atoms with Gasteiger partial charge in [0.2, 0.25) is 5.95 Å². The first-order chi connectivity index (χ1) is 30.0. The van der Waals surface area contributed by atoms with E-state index in [2.05, 4.69) is 194 Å². The van der Waals surface area contributed by atoms with Crippen LogP contribution in [0.4, 0.5) is 0 Å². The van der Waals surface area contributed by atoms with Crippen molar-refractivity contribution < 1.29 is 0 Å². The fraction of sp³-hybridized carbons (Fsp3) is 0.0714. The van der Waals surface area contributed by atoms with Gasteiger partial charge in [-0.1, -0.05) is 165 Å². The topological polar surface area (TPSA) is 30.7 Å². The Morgan fingerprint density at radius 1 is 0.459 bits per heavy atom. The average Bonchev–Trinajstić information content (AvgIpc) is 4.00. The minimum absolute atomic E-state index is 0.132. The van der Waals surface area contributed by atoms with E-state index in [-0.39, 0.29) is 5.41 Å². The van der Waals surface area contributed by atoms with Crippen molar-refractivity contribution in [3.63, 3.8) is 0 Å². The molecule has 0 amide bonds. The third-order valence-corrected chi connectivity index (χ3v) is 16.2. The molecule has 5 heteroatoms. The highest BCUT2D eigenvalue weighted by Gasteiger charge is 2.50. The maximum atomic E-state index is 5.70. The van der Waals surface area contributed by atoms with E-state index in [1.807, 2.05) is 11.8 Å². The molecular weight excluding hydrogens is 779 g/mol. The Morgan fingerprint density at radius 2 is 1.08 bits per heavy atom. The highest BCUT2D eigenvalue weighted by atomic mass is 32.2. The van der Waals surface area contributed by atoms with Crippen LogP contribution < -0.4 is 0 Å². The quantitative estimate of drug-likeness (QED) is 0.174. The van der Waals surface area contributed by atoms with Crippen molar-refractivity contribution in [1.29, 1.82) is 0 Å². The second-order valence-electron chi connectivity index (χ2n) is 17.2. The number of benzene rings is 8. The first kappa shape index (κ1) is 34.0. The number of fused-ring (bicyclic) bond motifs is 18. The summed E-state index contributed by atoms with van der Waals surface area (Å²) in [6.45, 7) is 4.70. The zero-order chi connectivity index (χ0) is 40.2. The van der Waals surface area contributed by atoms with Gasteiger partial charge in [0, 0.05) is 41.6 Å². The van der Waals surface area contributed by atoms with Gasteiger partial charge in [-0.15, -0.1) is 11.3 Å². The molecule has 11 aromatic rings. The standard InChI is InChI=1S/C56H35N3S2/c1-55(2)40-20-8-3-15-33(40)36-28-27-32(29-44(36)55)51-53-52(38-19-7-13-25-48(38)61-53)58-54(57-51)59-46-24-12-6-18-37(46)39-30-50-45(31-47(39)59)56(43-23-11-14-26-49(43)60-50)41-21-9-4-16-34(41)35-17-5-10-22-42(35)56/h3-31H,1-2H3. The Hall–Kier alpha value is -6.79. The van der Waals surface area contributed by atoms with Crippen LogP contribution in [0, 0.1) is 0 Å². The molecule has 0 radical (unpaired) electrons. The number of thiophene rings is 1. The van der Waals surface area contributed by atoms with E-state index in [1.54, 1.807) is 11.3 Å². The van der Waals surface area contributed by atoms with Crippen LogP contribution in [-0.2, 0) is 10.8 Å². The molecule has 3 nitrogen and oxygen atoms in total. The monoisotopic (exact) mass is 813 g/mol. The Kier molecular flexibility index (Phi) is 6.65. The summed E-state index contributed by atoms with van der Waals surface area (Å²) in [6, 6.07) is 65.4. The van der Waals surface area contributed by atoms with E-state index in [0.717, 1.165) is 37.9 Å². The van der Waals surface area contributed by atoms with Crippen LogP contribution in [0.25, 0.3) is 81.6 Å². The van der Waals surface area contributed by atoms with Crippen molar-refractivity contribution in [2.75, 3.05) is 0 Å². The second-order valence-corrected chi connectivity index (χ2v) is 19.4. The minimum atomic E-state index is -0.492. The maximum absolute atomic E-state index is 5.70. The van der Waals surface area contributed by atoms with E-state index < -0.39 is 5.41 Å². The highest BCUT2D eigenvalue weighted by molar-refractivity contribution is 7.99. The molecule has 3 aliphatic rings. The molecule has 61 heavy (non-hydrogen) atoms. The lowest BCUT2D eigenvalue weighted by Gasteiger charge is -2.39. The molecule has 286 valence electrons. The number of rotatable bonds is 2. The van der Waals surface area contributed by atoms with Crippen molar-refractivity contribution in [3.8, 4) is 39.5 Å². The lowest BCUT2D eigenvalue weighted by atomic mass is 9.67. The van der Waals surface area contributed by atoms with Crippen molar-refractivity contribution in [3.05, 3.63) is 209 Å². The molecule has 8 aromatic carbocycles. The fourth-order valence-corrected chi connectivity index (χ4v) is 13.6. The number of aromatic nitrogens is 3. The lowest BCUT2D eigenvalue weighted by molar-refractivity contribution is 0.660. The second kappa shape index (κ2) is 11.9. The normalized spacial score (nSPS) is 14.9. The van der Waals surface area contributed by atoms with Crippen molar-refractivity contribution in [2.45, 2.75) is 34.5 Å². The fourth-order valence-electron chi connectivity index (χ4n) is 11.3. The summed E-state index contributed by atoms with van der Waals surface area (Å²) < 4.78 is 4.67. The SMILES string of the molecule is CC1(C)c2ccccc2-c2ccc(-c3nc(-n4c5ccccc5c5cc6c(cc54)C4(c5ccccc5S6)c5ccccc5-c5ccccc54)nc4c3sc3ccccc34)cc21. The summed E-state index contributed by atoms with van der Waals surface area (Å²) in [5.41, 5.74) is 17.9. The Labute approximate surface area is 361 Å². The van der Waals surface area contributed by atoms with Gasteiger partial charge in [-0.05, 0) is 92.0 Å². The number of nitrogens with zero attached hydrogens (tertiary/aromatic N) is 3. The summed E-state index contributed by atoms with van der Waals surface area (Å²) >= 11 is 3.68. The summed E-state index contributed by atoms with van der Waals surface area (Å²) in [4.78, 5) is 13.9. The third-order valence-electron chi connectivity index (χ3n) is 13.9. The number of hydrogen-bond donors (Lipinski definition) is 0. The first-order valence-corrected chi connectivity index (χ1v) is 22.6. The third kappa shape index (κ3) is 4.30. The van der Waals surface area contributed by atoms with Gasteiger partial charge in [0.05, 0.1) is 32.4 Å². The molecule has 1 spiro atoms. The van der Waals surface area contributed by atoms with Crippen LogP contribution in [0.3, 0.4) is 0 Å². The van der Waals surface area contributed by atoms with Crippen LogP contribution in [0.1, 0.15) is 47.2 Å². The molecule has 4 heterocycles. The van der Waals surface area contributed by atoms with Gasteiger partial charge in [0.1, 0.15) is 0 Å². The number of para-hydroxylation sites is 1. The van der Waals surface area contributed by atoms with Crippen molar-refractivity contribution >= 4 is 65.2 Å². The molecule has 0 unspecified atom stereocenters. The molecule has 1 aliphatic heterocycles. The molecular formula is C56H35N3S2. The van der Waals surface area contributed by atoms with E-state index in [0.29, 0.717) is 5.95 Å². The van der Waals surface area contributed by atoms with E-state index >= 15 is 0 Å². The average molecular weight is 814 g/mol. The smallest absolute Gasteiger partial charge is 0.235 e. The molecule has 0 atom stereocenters. The van der Waals surface area contributed by atoms with Crippen molar-refractivity contribution in [2.24, 2.45) is 0 Å². The van der Waals surface area contributed by atoms with Gasteiger partial charge in [0.25, 0.3) is 0 Å². The molecule has 0 fully saturated rings. The van der Waals surface area contributed by atoms with Crippen LogP contribution in [0.5, 0.6) is 0 Å². The zero-order valence-electron chi connectivity index (χ0n) is 33.4. The molecule has 3 aromatic heterocycles. The molecule has 0 N–H and O–H groups in total. The molecule has 14 rings (SSSR count). The summed E-state index contributed by atoms with van der Waals surface area (Å²) in [7, 11) is 0. The van der Waals surface area contributed by atoms with Gasteiger partial charge in [-0.25, -0.2) is 9.97 Å². The lowest BCUT2D eigenvalue weighted by Crippen LogP contribution is -2.32.